The minimum absolute atomic E-state index is 0.177. The van der Waals surface area contributed by atoms with E-state index in [4.69, 9.17) is 10.5 Å². The first kappa shape index (κ1) is 23.2. The number of hydrogen-bond donors (Lipinski definition) is 3. The van der Waals surface area contributed by atoms with Gasteiger partial charge >= 0.3 is 5.97 Å². The predicted molar refractivity (Wildman–Crippen MR) is 106 cm³/mol. The number of esters is 1. The number of hydrogen-bond acceptors (Lipinski definition) is 6. The third-order valence-corrected chi connectivity index (χ3v) is 4.26. The summed E-state index contributed by atoms with van der Waals surface area (Å²) >= 11 is 0. The molecule has 1 atom stereocenters. The van der Waals surface area contributed by atoms with E-state index in [2.05, 4.69) is 0 Å². The van der Waals surface area contributed by atoms with Crippen molar-refractivity contribution in [2.75, 3.05) is 0 Å². The first-order valence-corrected chi connectivity index (χ1v) is 9.59. The number of nitrogens with two attached hydrogens (primary N) is 1. The SMILES string of the molecule is CC.CC1CCCC(=O)CCC/C=C/c2cc(O)c(C(N)=O)c(O)c2C(=O)O1. The molecular formula is C21H29NO6. The monoisotopic (exact) mass is 391 g/mol. The van der Waals surface area contributed by atoms with E-state index in [0.717, 1.165) is 0 Å². The van der Waals surface area contributed by atoms with Crippen molar-refractivity contribution in [3.8, 4) is 11.5 Å². The van der Waals surface area contributed by atoms with Crippen LogP contribution in [-0.2, 0) is 9.53 Å². The Kier molecular flexibility index (Phi) is 9.21. The van der Waals surface area contributed by atoms with Crippen molar-refractivity contribution >= 4 is 23.7 Å². The van der Waals surface area contributed by atoms with Crippen LogP contribution in [0.2, 0.25) is 0 Å². The number of amides is 1. The van der Waals surface area contributed by atoms with Gasteiger partial charge in [0.15, 0.2) is 0 Å². The van der Waals surface area contributed by atoms with Crippen LogP contribution in [-0.4, -0.2) is 34.0 Å². The molecule has 1 aliphatic heterocycles. The molecule has 7 heteroatoms. The fourth-order valence-electron chi connectivity index (χ4n) is 2.90. The second-order valence-electron chi connectivity index (χ2n) is 6.39. The van der Waals surface area contributed by atoms with Gasteiger partial charge in [-0.15, -0.1) is 0 Å². The van der Waals surface area contributed by atoms with E-state index < -0.39 is 35.0 Å². The highest BCUT2D eigenvalue weighted by molar-refractivity contribution is 6.05. The zero-order chi connectivity index (χ0) is 21.3. The molecule has 28 heavy (non-hydrogen) atoms. The number of benzene rings is 1. The zero-order valence-corrected chi connectivity index (χ0v) is 16.7. The summed E-state index contributed by atoms with van der Waals surface area (Å²) in [5.41, 5.74) is 4.66. The molecule has 7 nitrogen and oxygen atoms in total. The molecule has 2 rings (SSSR count). The summed E-state index contributed by atoms with van der Waals surface area (Å²) < 4.78 is 5.33. The summed E-state index contributed by atoms with van der Waals surface area (Å²) in [5.74, 6) is -2.91. The molecule has 0 saturated carbocycles. The lowest BCUT2D eigenvalue weighted by molar-refractivity contribution is -0.119. The van der Waals surface area contributed by atoms with Gasteiger partial charge in [-0.2, -0.15) is 0 Å². The highest BCUT2D eigenvalue weighted by Crippen LogP contribution is 2.35. The average molecular weight is 391 g/mol. The topological polar surface area (TPSA) is 127 Å². The highest BCUT2D eigenvalue weighted by atomic mass is 16.5. The number of aromatic hydroxyl groups is 2. The first-order valence-electron chi connectivity index (χ1n) is 9.59. The molecule has 1 unspecified atom stereocenters. The van der Waals surface area contributed by atoms with E-state index >= 15 is 0 Å². The Morgan fingerprint density at radius 3 is 2.46 bits per heavy atom. The standard InChI is InChI=1S/C19H23NO6.C2H6/c1-11-6-5-9-13(21)8-4-2-3-7-12-10-14(22)16(18(20)24)17(23)15(12)19(25)26-11;1-2/h3,7,10-11,22-23H,2,4-6,8-9H2,1H3,(H2,20,24);1-2H3/b7-3+;. The normalized spacial score (nSPS) is 19.3. The third kappa shape index (κ3) is 6.11. The van der Waals surface area contributed by atoms with Crippen molar-refractivity contribution in [1.82, 2.24) is 0 Å². The van der Waals surface area contributed by atoms with Crippen molar-refractivity contribution in [3.05, 3.63) is 28.8 Å². The van der Waals surface area contributed by atoms with E-state index in [1.807, 2.05) is 13.8 Å². The van der Waals surface area contributed by atoms with E-state index in [1.54, 1.807) is 19.1 Å². The van der Waals surface area contributed by atoms with Gasteiger partial charge in [0.05, 0.1) is 6.10 Å². The second kappa shape index (κ2) is 11.1. The molecule has 0 spiro atoms. The quantitative estimate of drug-likeness (QED) is 0.626. The number of cyclic esters (lactones) is 1. The molecule has 154 valence electrons. The van der Waals surface area contributed by atoms with Crippen LogP contribution >= 0.6 is 0 Å². The van der Waals surface area contributed by atoms with E-state index in [1.165, 1.54) is 6.07 Å². The molecular weight excluding hydrogens is 362 g/mol. The Bertz CT molecular complexity index is 754. The highest BCUT2D eigenvalue weighted by Gasteiger charge is 2.26. The molecule has 1 heterocycles. The maximum atomic E-state index is 12.5. The van der Waals surface area contributed by atoms with Gasteiger partial charge in [-0.3, -0.25) is 9.59 Å². The van der Waals surface area contributed by atoms with Crippen LogP contribution in [0.3, 0.4) is 0 Å². The number of ether oxygens (including phenoxy) is 1. The van der Waals surface area contributed by atoms with Crippen molar-refractivity contribution in [1.29, 1.82) is 0 Å². The molecule has 1 aliphatic rings. The van der Waals surface area contributed by atoms with Gasteiger partial charge in [-0.1, -0.05) is 26.0 Å². The number of primary amides is 1. The van der Waals surface area contributed by atoms with Crippen LogP contribution in [0.5, 0.6) is 11.5 Å². The Hall–Kier alpha value is -2.83. The van der Waals surface area contributed by atoms with Crippen LogP contribution in [0.15, 0.2) is 12.1 Å². The molecule has 0 aromatic heterocycles. The van der Waals surface area contributed by atoms with Gasteiger partial charge in [-0.05, 0) is 44.2 Å². The maximum Gasteiger partial charge on any atom is 0.342 e. The second-order valence-corrected chi connectivity index (χ2v) is 6.39. The number of rotatable bonds is 1. The predicted octanol–water partition coefficient (Wildman–Crippen LogP) is 3.70. The Morgan fingerprint density at radius 2 is 1.82 bits per heavy atom. The number of fused-ring (bicyclic) bond motifs is 1. The Balaban J connectivity index is 0.00000190. The average Bonchev–Trinajstić information content (AvgIpc) is 2.61. The van der Waals surface area contributed by atoms with Crippen molar-refractivity contribution in [3.63, 3.8) is 0 Å². The maximum absolute atomic E-state index is 12.5. The van der Waals surface area contributed by atoms with Crippen LogP contribution in [0.4, 0.5) is 0 Å². The van der Waals surface area contributed by atoms with Crippen molar-refractivity contribution in [2.24, 2.45) is 5.73 Å². The Labute approximate surface area is 165 Å². The van der Waals surface area contributed by atoms with Gasteiger partial charge in [0.2, 0.25) is 0 Å². The van der Waals surface area contributed by atoms with E-state index in [-0.39, 0.29) is 16.9 Å². The number of ketones is 1. The number of phenols is 2. The van der Waals surface area contributed by atoms with Crippen LogP contribution in [0, 0.1) is 0 Å². The zero-order valence-electron chi connectivity index (χ0n) is 16.7. The van der Waals surface area contributed by atoms with Crippen LogP contribution in [0.1, 0.15) is 85.6 Å². The van der Waals surface area contributed by atoms with Crippen LogP contribution in [0.25, 0.3) is 6.08 Å². The molecule has 1 aromatic rings. The molecule has 0 bridgehead atoms. The van der Waals surface area contributed by atoms with E-state index in [0.29, 0.717) is 38.5 Å². The summed E-state index contributed by atoms with van der Waals surface area (Å²) in [6.45, 7) is 5.69. The number of Topliss-reactive ketones (excluding diaryl/α,β-unsaturated/α-hetero) is 1. The van der Waals surface area contributed by atoms with Gasteiger partial charge in [0, 0.05) is 12.8 Å². The molecule has 0 fully saturated rings. The fourth-order valence-corrected chi connectivity index (χ4v) is 2.90. The summed E-state index contributed by atoms with van der Waals surface area (Å²) in [7, 11) is 0. The summed E-state index contributed by atoms with van der Waals surface area (Å²) in [6.07, 6.45) is 6.08. The lowest BCUT2D eigenvalue weighted by Gasteiger charge is -2.17. The van der Waals surface area contributed by atoms with Gasteiger partial charge in [0.1, 0.15) is 28.4 Å². The lowest BCUT2D eigenvalue weighted by atomic mass is 9.99. The molecule has 4 N–H and O–H groups in total. The lowest BCUT2D eigenvalue weighted by Crippen LogP contribution is -2.19. The minimum Gasteiger partial charge on any atom is -0.507 e. The molecule has 0 aliphatic carbocycles. The molecule has 0 radical (unpaired) electrons. The first-order chi connectivity index (χ1) is 13.3. The van der Waals surface area contributed by atoms with Gasteiger partial charge < -0.3 is 20.7 Å². The molecule has 0 saturated heterocycles. The smallest absolute Gasteiger partial charge is 0.342 e. The van der Waals surface area contributed by atoms with Gasteiger partial charge in [0.25, 0.3) is 5.91 Å². The minimum atomic E-state index is -1.05. The van der Waals surface area contributed by atoms with Crippen molar-refractivity contribution < 1.29 is 29.3 Å². The summed E-state index contributed by atoms with van der Waals surface area (Å²) in [4.78, 5) is 35.8. The Morgan fingerprint density at radius 1 is 1.18 bits per heavy atom. The number of carbonyl (C=O) groups is 3. The molecule has 1 aromatic carbocycles. The fraction of sp³-hybridized carbons (Fsp3) is 0.476. The largest absolute Gasteiger partial charge is 0.507 e. The van der Waals surface area contributed by atoms with Crippen LogP contribution < -0.4 is 5.73 Å². The van der Waals surface area contributed by atoms with Gasteiger partial charge in [-0.25, -0.2) is 4.79 Å². The van der Waals surface area contributed by atoms with E-state index in [9.17, 15) is 24.6 Å². The van der Waals surface area contributed by atoms with Crippen molar-refractivity contribution in [2.45, 2.75) is 65.4 Å². The summed E-state index contributed by atoms with van der Waals surface area (Å²) in [5, 5.41) is 20.3. The molecule has 1 amide bonds. The third-order valence-electron chi connectivity index (χ3n) is 4.26. The number of carbonyl (C=O) groups excluding carboxylic acids is 3. The number of allylic oxidation sites excluding steroid dienone is 1. The summed E-state index contributed by atoms with van der Waals surface area (Å²) in [6, 6.07) is 1.19.